The third-order valence-corrected chi connectivity index (χ3v) is 4.61. The van der Waals surface area contributed by atoms with E-state index in [2.05, 4.69) is 26.0 Å². The minimum absolute atomic E-state index is 0.212. The normalized spacial score (nSPS) is 12.9. The summed E-state index contributed by atoms with van der Waals surface area (Å²) in [6, 6.07) is 13.0. The molecular weight excluding hydrogens is 308 g/mol. The number of amides is 1. The summed E-state index contributed by atoms with van der Waals surface area (Å²) in [7, 11) is 0. The molecular formula is C17H14N4OS. The predicted molar refractivity (Wildman–Crippen MR) is 90.6 cm³/mol. The van der Waals surface area contributed by atoms with E-state index in [1.807, 2.05) is 24.3 Å². The van der Waals surface area contributed by atoms with Crippen LogP contribution in [-0.2, 0) is 6.54 Å². The summed E-state index contributed by atoms with van der Waals surface area (Å²) in [4.78, 5) is 20.7. The molecule has 114 valence electrons. The van der Waals surface area contributed by atoms with Gasteiger partial charge < -0.3 is 9.88 Å². The Kier molecular flexibility index (Phi) is 3.59. The fourth-order valence-electron chi connectivity index (χ4n) is 2.47. The molecule has 5 nitrogen and oxygen atoms in total. The Bertz CT molecular complexity index is 821. The summed E-state index contributed by atoms with van der Waals surface area (Å²) in [6.07, 6.45) is 3.69. The summed E-state index contributed by atoms with van der Waals surface area (Å²) < 4.78 is 2.18. The Hall–Kier alpha value is -2.60. The number of nitrogens with one attached hydrogen (secondary N) is 1. The summed E-state index contributed by atoms with van der Waals surface area (Å²) in [6.45, 7) is 1.02. The number of nitrogens with zero attached hydrogens (tertiary/aromatic N) is 3. The first-order chi connectivity index (χ1) is 11.3. The van der Waals surface area contributed by atoms with Crippen LogP contribution >= 0.6 is 11.8 Å². The Labute approximate surface area is 137 Å². The fraction of sp³-hybridized carbons (Fsp3) is 0.118. The molecule has 0 saturated carbocycles. The Morgan fingerprint density at radius 1 is 1.17 bits per heavy atom. The molecule has 1 N–H and O–H groups in total. The van der Waals surface area contributed by atoms with Crippen LogP contribution in [0.4, 0.5) is 5.69 Å². The molecule has 0 unspecified atom stereocenters. The van der Waals surface area contributed by atoms with Gasteiger partial charge in [0.25, 0.3) is 5.91 Å². The predicted octanol–water partition coefficient (Wildman–Crippen LogP) is 3.30. The van der Waals surface area contributed by atoms with Crippen molar-refractivity contribution in [1.82, 2.24) is 14.5 Å². The zero-order chi connectivity index (χ0) is 15.6. The lowest BCUT2D eigenvalue weighted by Crippen LogP contribution is -2.13. The van der Waals surface area contributed by atoms with Crippen molar-refractivity contribution in [3.63, 3.8) is 0 Å². The molecule has 4 rings (SSSR count). The van der Waals surface area contributed by atoms with Crippen LogP contribution in [0.3, 0.4) is 0 Å². The summed E-state index contributed by atoms with van der Waals surface area (Å²) in [5, 5.41) is 3.92. The number of aromatic nitrogens is 3. The molecule has 0 aliphatic carbocycles. The highest BCUT2D eigenvalue weighted by Crippen LogP contribution is 2.29. The first kappa shape index (κ1) is 14.0. The largest absolute Gasteiger partial charge is 0.325 e. The van der Waals surface area contributed by atoms with Crippen molar-refractivity contribution < 1.29 is 4.79 Å². The highest BCUT2D eigenvalue weighted by atomic mass is 32.2. The van der Waals surface area contributed by atoms with Crippen molar-refractivity contribution in [1.29, 1.82) is 0 Å². The van der Waals surface area contributed by atoms with Gasteiger partial charge in [0.2, 0.25) is 0 Å². The number of hydrogen-bond donors (Lipinski definition) is 1. The summed E-state index contributed by atoms with van der Waals surface area (Å²) in [5.74, 6) is 0.886. The molecule has 0 bridgehead atoms. The van der Waals surface area contributed by atoms with Crippen molar-refractivity contribution in [3.8, 4) is 11.3 Å². The molecule has 1 aromatic carbocycles. The van der Waals surface area contributed by atoms with Gasteiger partial charge in [-0.05, 0) is 24.3 Å². The fourth-order valence-corrected chi connectivity index (χ4v) is 3.41. The molecule has 1 amide bonds. The van der Waals surface area contributed by atoms with Gasteiger partial charge >= 0.3 is 0 Å². The average Bonchev–Trinajstić information content (AvgIpc) is 3.18. The topological polar surface area (TPSA) is 59.8 Å². The van der Waals surface area contributed by atoms with Gasteiger partial charge in [-0.15, -0.1) is 0 Å². The number of carbonyl (C=O) groups is 1. The third kappa shape index (κ3) is 2.85. The number of carbonyl (C=O) groups excluding carboxylic acids is 1. The van der Waals surface area contributed by atoms with E-state index in [0.717, 1.165) is 34.4 Å². The maximum absolute atomic E-state index is 12.1. The van der Waals surface area contributed by atoms with Crippen LogP contribution in [0, 0.1) is 0 Å². The van der Waals surface area contributed by atoms with Gasteiger partial charge in [-0.3, -0.25) is 9.78 Å². The third-order valence-electron chi connectivity index (χ3n) is 3.64. The van der Waals surface area contributed by atoms with Crippen LogP contribution in [0.5, 0.6) is 0 Å². The quantitative estimate of drug-likeness (QED) is 0.804. The van der Waals surface area contributed by atoms with Gasteiger partial charge in [0, 0.05) is 35.9 Å². The number of hydrogen-bond acceptors (Lipinski definition) is 4. The first-order valence-electron chi connectivity index (χ1n) is 7.32. The van der Waals surface area contributed by atoms with Crippen molar-refractivity contribution in [3.05, 3.63) is 60.6 Å². The molecule has 0 saturated heterocycles. The monoisotopic (exact) mass is 322 g/mol. The number of aryl methyl sites for hydroxylation is 1. The van der Waals surface area contributed by atoms with Crippen LogP contribution in [0.2, 0.25) is 0 Å². The molecule has 3 aromatic rings. The number of fused-ring (bicyclic) bond motifs is 1. The second kappa shape index (κ2) is 5.89. The number of pyridine rings is 1. The molecule has 0 spiro atoms. The highest BCUT2D eigenvalue weighted by Gasteiger charge is 2.15. The lowest BCUT2D eigenvalue weighted by Gasteiger charge is -2.05. The van der Waals surface area contributed by atoms with E-state index >= 15 is 0 Å². The number of rotatable bonds is 3. The number of imidazole rings is 1. The molecule has 0 fully saturated rings. The van der Waals surface area contributed by atoms with Crippen LogP contribution in [0.1, 0.15) is 10.5 Å². The molecule has 23 heavy (non-hydrogen) atoms. The Balaban J connectivity index is 1.50. The van der Waals surface area contributed by atoms with E-state index < -0.39 is 0 Å². The van der Waals surface area contributed by atoms with Crippen LogP contribution in [-0.4, -0.2) is 26.2 Å². The smallest absolute Gasteiger partial charge is 0.274 e. The second-order valence-corrected chi connectivity index (χ2v) is 6.26. The average molecular weight is 322 g/mol. The number of thioether (sulfide) groups is 1. The molecule has 1 aliphatic rings. The standard InChI is InChI=1S/C17H14N4OS/c22-16(14-3-1-2-8-18-14)19-13-6-4-12(5-7-13)15-11-21-9-10-23-17(21)20-15/h1-8,11H,9-10H2,(H,19,22). The maximum Gasteiger partial charge on any atom is 0.274 e. The van der Waals surface area contributed by atoms with Crippen molar-refractivity contribution in [2.45, 2.75) is 11.7 Å². The molecule has 0 radical (unpaired) electrons. The molecule has 1 aliphatic heterocycles. The van der Waals surface area contributed by atoms with Gasteiger partial charge in [-0.1, -0.05) is 30.0 Å². The summed E-state index contributed by atoms with van der Waals surface area (Å²) >= 11 is 1.78. The molecule has 6 heteroatoms. The minimum Gasteiger partial charge on any atom is -0.325 e. The highest BCUT2D eigenvalue weighted by molar-refractivity contribution is 7.99. The lowest BCUT2D eigenvalue weighted by molar-refractivity contribution is 0.102. The summed E-state index contributed by atoms with van der Waals surface area (Å²) in [5.41, 5.74) is 3.16. The zero-order valence-electron chi connectivity index (χ0n) is 12.3. The minimum atomic E-state index is -0.212. The van der Waals surface area contributed by atoms with Gasteiger partial charge in [0.05, 0.1) is 5.69 Å². The van der Waals surface area contributed by atoms with E-state index in [9.17, 15) is 4.79 Å². The maximum atomic E-state index is 12.1. The van der Waals surface area contributed by atoms with Crippen LogP contribution in [0.25, 0.3) is 11.3 Å². The van der Waals surface area contributed by atoms with Crippen molar-refractivity contribution >= 4 is 23.4 Å². The molecule has 2 aromatic heterocycles. The van der Waals surface area contributed by atoms with E-state index in [4.69, 9.17) is 0 Å². The first-order valence-corrected chi connectivity index (χ1v) is 8.31. The Morgan fingerprint density at radius 3 is 2.78 bits per heavy atom. The van der Waals surface area contributed by atoms with Crippen molar-refractivity contribution in [2.75, 3.05) is 11.1 Å². The van der Waals surface area contributed by atoms with Crippen LogP contribution < -0.4 is 5.32 Å². The number of benzene rings is 1. The van der Waals surface area contributed by atoms with E-state index in [0.29, 0.717) is 5.69 Å². The van der Waals surface area contributed by atoms with E-state index in [1.165, 1.54) is 0 Å². The lowest BCUT2D eigenvalue weighted by atomic mass is 10.1. The van der Waals surface area contributed by atoms with Crippen molar-refractivity contribution in [2.24, 2.45) is 0 Å². The zero-order valence-corrected chi connectivity index (χ0v) is 13.1. The SMILES string of the molecule is O=C(Nc1ccc(-c2cn3c(n2)SCC3)cc1)c1ccccn1. The Morgan fingerprint density at radius 2 is 2.04 bits per heavy atom. The molecule has 3 heterocycles. The van der Waals surface area contributed by atoms with Gasteiger partial charge in [0.15, 0.2) is 5.16 Å². The molecule has 0 atom stereocenters. The van der Waals surface area contributed by atoms with Gasteiger partial charge in [-0.25, -0.2) is 4.98 Å². The van der Waals surface area contributed by atoms with Gasteiger partial charge in [-0.2, -0.15) is 0 Å². The second-order valence-electron chi connectivity index (χ2n) is 5.20. The van der Waals surface area contributed by atoms with E-state index in [1.54, 1.807) is 36.2 Å². The van der Waals surface area contributed by atoms with Gasteiger partial charge in [0.1, 0.15) is 5.69 Å². The van der Waals surface area contributed by atoms with Crippen LogP contribution in [0.15, 0.2) is 60.0 Å². The van der Waals surface area contributed by atoms with E-state index in [-0.39, 0.29) is 5.91 Å². The number of anilines is 1.